The maximum atomic E-state index is 9.42. The van der Waals surface area contributed by atoms with Crippen LogP contribution in [-0.4, -0.2) is 14.5 Å². The van der Waals surface area contributed by atoms with Crippen molar-refractivity contribution in [3.8, 4) is 22.9 Å². The van der Waals surface area contributed by atoms with E-state index in [0.29, 0.717) is 5.56 Å². The van der Waals surface area contributed by atoms with Crippen LogP contribution in [0.4, 0.5) is 0 Å². The molecular formula is C25H23BrN4. The minimum atomic E-state index is 0.680. The number of unbranched alkanes of at least 4 members (excludes halogenated alkanes) is 1. The Labute approximate surface area is 185 Å². The van der Waals surface area contributed by atoms with Crippen molar-refractivity contribution in [2.45, 2.75) is 40.0 Å². The van der Waals surface area contributed by atoms with Gasteiger partial charge in [0, 0.05) is 16.6 Å². The topological polar surface area (TPSA) is 54.5 Å². The molecule has 150 valence electrons. The molecule has 0 fully saturated rings. The van der Waals surface area contributed by atoms with Crippen molar-refractivity contribution in [1.29, 1.82) is 5.26 Å². The first-order valence-electron chi connectivity index (χ1n) is 10.2. The van der Waals surface area contributed by atoms with Crippen LogP contribution in [0.5, 0.6) is 0 Å². The standard InChI is InChI=1S/C25H23BrN4/c1-4-5-10-22-29-24-16(2)23(26)17(3)28-25(24)30(22)20-13-11-18(12-14-20)21-9-7-6-8-19(21)15-27/h6-9,11-14H,4-5,10H2,1-3H3. The number of fused-ring (bicyclic) bond motifs is 1. The molecule has 2 aromatic heterocycles. The third-order valence-electron chi connectivity index (χ3n) is 5.44. The number of benzene rings is 2. The highest BCUT2D eigenvalue weighted by Crippen LogP contribution is 2.31. The van der Waals surface area contributed by atoms with Gasteiger partial charge in [-0.1, -0.05) is 43.7 Å². The molecule has 0 atom stereocenters. The summed E-state index contributed by atoms with van der Waals surface area (Å²) in [6.07, 6.45) is 3.10. The fourth-order valence-corrected chi connectivity index (χ4v) is 4.07. The summed E-state index contributed by atoms with van der Waals surface area (Å²) in [5, 5.41) is 9.42. The lowest BCUT2D eigenvalue weighted by molar-refractivity contribution is 0.742. The molecule has 2 aromatic carbocycles. The molecule has 0 saturated carbocycles. The third kappa shape index (κ3) is 3.53. The van der Waals surface area contributed by atoms with Crippen LogP contribution in [0.25, 0.3) is 28.0 Å². The van der Waals surface area contributed by atoms with E-state index < -0.39 is 0 Å². The van der Waals surface area contributed by atoms with E-state index in [-0.39, 0.29) is 0 Å². The number of nitriles is 1. The smallest absolute Gasteiger partial charge is 0.165 e. The molecule has 4 aromatic rings. The maximum Gasteiger partial charge on any atom is 0.165 e. The first kappa shape index (κ1) is 20.3. The Hall–Kier alpha value is -2.97. The van der Waals surface area contributed by atoms with Crippen LogP contribution in [0, 0.1) is 25.2 Å². The number of halogens is 1. The summed E-state index contributed by atoms with van der Waals surface area (Å²) in [5.74, 6) is 1.03. The maximum absolute atomic E-state index is 9.42. The van der Waals surface area contributed by atoms with Crippen LogP contribution in [0.3, 0.4) is 0 Å². The predicted molar refractivity (Wildman–Crippen MR) is 125 cm³/mol. The molecule has 30 heavy (non-hydrogen) atoms. The van der Waals surface area contributed by atoms with Crippen molar-refractivity contribution >= 4 is 27.1 Å². The van der Waals surface area contributed by atoms with Gasteiger partial charge in [-0.2, -0.15) is 5.26 Å². The Bertz CT molecular complexity index is 1260. The van der Waals surface area contributed by atoms with Crippen molar-refractivity contribution < 1.29 is 0 Å². The van der Waals surface area contributed by atoms with Crippen molar-refractivity contribution in [2.75, 3.05) is 0 Å². The van der Waals surface area contributed by atoms with Crippen molar-refractivity contribution in [3.05, 3.63) is 75.6 Å². The average Bonchev–Trinajstić information content (AvgIpc) is 3.14. The molecule has 0 aliphatic rings. The van der Waals surface area contributed by atoms with Gasteiger partial charge in [0.05, 0.1) is 17.3 Å². The number of nitrogens with zero attached hydrogens (tertiary/aromatic N) is 4. The molecule has 0 unspecified atom stereocenters. The van der Waals surface area contributed by atoms with Gasteiger partial charge in [-0.25, -0.2) is 9.97 Å². The molecule has 0 N–H and O–H groups in total. The molecule has 0 amide bonds. The summed E-state index contributed by atoms with van der Waals surface area (Å²) >= 11 is 3.65. The van der Waals surface area contributed by atoms with E-state index in [9.17, 15) is 5.26 Å². The molecule has 5 heteroatoms. The Balaban J connectivity index is 1.87. The van der Waals surface area contributed by atoms with Crippen LogP contribution in [0.2, 0.25) is 0 Å². The first-order chi connectivity index (χ1) is 14.5. The molecule has 0 bridgehead atoms. The summed E-state index contributed by atoms with van der Waals surface area (Å²) in [7, 11) is 0. The Morgan fingerprint density at radius 3 is 2.47 bits per heavy atom. The van der Waals surface area contributed by atoms with Gasteiger partial charge < -0.3 is 0 Å². The first-order valence-corrected chi connectivity index (χ1v) is 11.0. The second kappa shape index (κ2) is 8.41. The van der Waals surface area contributed by atoms with Crippen LogP contribution < -0.4 is 0 Å². The molecule has 0 spiro atoms. The summed E-state index contributed by atoms with van der Waals surface area (Å²) < 4.78 is 3.20. The number of imidazole rings is 1. The zero-order chi connectivity index (χ0) is 21.3. The predicted octanol–water partition coefficient (Wildman–Crippen LogP) is 6.68. The van der Waals surface area contributed by atoms with Gasteiger partial charge in [-0.05, 0) is 71.1 Å². The molecule has 0 radical (unpaired) electrons. The SMILES string of the molecule is CCCCc1nc2c(C)c(Br)c(C)nc2n1-c1ccc(-c2ccccc2C#N)cc1. The molecule has 0 aliphatic carbocycles. The van der Waals surface area contributed by atoms with Crippen LogP contribution in [0.1, 0.15) is 42.4 Å². The second-order valence-electron chi connectivity index (χ2n) is 7.48. The van der Waals surface area contributed by atoms with Crippen LogP contribution in [-0.2, 0) is 6.42 Å². The van der Waals surface area contributed by atoms with Gasteiger partial charge in [0.25, 0.3) is 0 Å². The van der Waals surface area contributed by atoms with Gasteiger partial charge in [-0.3, -0.25) is 4.57 Å². The molecular weight excluding hydrogens is 436 g/mol. The Morgan fingerprint density at radius 2 is 1.77 bits per heavy atom. The van der Waals surface area contributed by atoms with E-state index in [2.05, 4.69) is 64.7 Å². The Kier molecular flexibility index (Phi) is 5.69. The minimum Gasteiger partial charge on any atom is -0.281 e. The highest BCUT2D eigenvalue weighted by molar-refractivity contribution is 9.10. The number of hydrogen-bond acceptors (Lipinski definition) is 3. The highest BCUT2D eigenvalue weighted by Gasteiger charge is 2.18. The van der Waals surface area contributed by atoms with Gasteiger partial charge in [0.1, 0.15) is 11.3 Å². The Morgan fingerprint density at radius 1 is 1.03 bits per heavy atom. The molecule has 2 heterocycles. The number of hydrogen-bond donors (Lipinski definition) is 0. The van der Waals surface area contributed by atoms with E-state index in [1.165, 1.54) is 0 Å². The average molecular weight is 459 g/mol. The molecule has 4 nitrogen and oxygen atoms in total. The lowest BCUT2D eigenvalue weighted by Crippen LogP contribution is -2.03. The van der Waals surface area contributed by atoms with Gasteiger partial charge in [0.15, 0.2) is 5.65 Å². The summed E-state index contributed by atoms with van der Waals surface area (Å²) in [5.41, 5.74) is 7.61. The van der Waals surface area contributed by atoms with Gasteiger partial charge in [0.2, 0.25) is 0 Å². The van der Waals surface area contributed by atoms with Crippen molar-refractivity contribution in [1.82, 2.24) is 14.5 Å². The van der Waals surface area contributed by atoms with Gasteiger partial charge in [-0.15, -0.1) is 0 Å². The fraction of sp³-hybridized carbons (Fsp3) is 0.240. The quantitative estimate of drug-likeness (QED) is 0.335. The van der Waals surface area contributed by atoms with Crippen LogP contribution >= 0.6 is 15.9 Å². The number of pyridine rings is 1. The number of rotatable bonds is 5. The third-order valence-corrected chi connectivity index (χ3v) is 6.60. The van der Waals surface area contributed by atoms with E-state index in [1.54, 1.807) is 0 Å². The van der Waals surface area contributed by atoms with Gasteiger partial charge >= 0.3 is 0 Å². The summed E-state index contributed by atoms with van der Waals surface area (Å²) in [6.45, 7) is 6.30. The number of aromatic nitrogens is 3. The normalized spacial score (nSPS) is 11.0. The zero-order valence-electron chi connectivity index (χ0n) is 17.4. The van der Waals surface area contributed by atoms with Crippen molar-refractivity contribution in [3.63, 3.8) is 0 Å². The highest BCUT2D eigenvalue weighted by atomic mass is 79.9. The second-order valence-corrected chi connectivity index (χ2v) is 8.27. The monoisotopic (exact) mass is 458 g/mol. The number of aryl methyl sites for hydroxylation is 3. The minimum absolute atomic E-state index is 0.680. The largest absolute Gasteiger partial charge is 0.281 e. The van der Waals surface area contributed by atoms with E-state index in [0.717, 1.165) is 68.8 Å². The molecule has 4 rings (SSSR count). The lowest BCUT2D eigenvalue weighted by atomic mass is 10.0. The van der Waals surface area contributed by atoms with E-state index >= 15 is 0 Å². The zero-order valence-corrected chi connectivity index (χ0v) is 19.0. The lowest BCUT2D eigenvalue weighted by Gasteiger charge is -2.11. The van der Waals surface area contributed by atoms with Crippen LogP contribution in [0.15, 0.2) is 53.0 Å². The fourth-order valence-electron chi connectivity index (χ4n) is 3.79. The molecule has 0 aliphatic heterocycles. The van der Waals surface area contributed by atoms with E-state index in [1.807, 2.05) is 31.2 Å². The van der Waals surface area contributed by atoms with Crippen molar-refractivity contribution in [2.24, 2.45) is 0 Å². The summed E-state index contributed by atoms with van der Waals surface area (Å²) in [4.78, 5) is 9.82. The summed E-state index contributed by atoms with van der Waals surface area (Å²) in [6, 6.07) is 18.3. The molecule has 0 saturated heterocycles. The van der Waals surface area contributed by atoms with E-state index in [4.69, 9.17) is 9.97 Å².